The van der Waals surface area contributed by atoms with Crippen LogP contribution >= 0.6 is 0 Å². The molecule has 4 fully saturated rings. The predicted octanol–water partition coefficient (Wildman–Crippen LogP) is 5.59. The largest absolute Gasteiger partial charge is 0.0996 e. The van der Waals surface area contributed by atoms with Crippen molar-refractivity contribution in [2.45, 2.75) is 71.1 Å². The quantitative estimate of drug-likeness (QED) is 0.497. The Kier molecular flexibility index (Phi) is 2.87. The molecule has 0 bridgehead atoms. The van der Waals surface area contributed by atoms with Crippen molar-refractivity contribution in [2.24, 2.45) is 35.0 Å². The van der Waals surface area contributed by atoms with Crippen molar-refractivity contribution >= 4 is 0 Å². The minimum absolute atomic E-state index is 0.711. The first kappa shape index (κ1) is 12.5. The van der Waals surface area contributed by atoms with Crippen LogP contribution in [-0.4, -0.2) is 0 Å². The van der Waals surface area contributed by atoms with Gasteiger partial charge in [-0.05, 0) is 80.0 Å². The summed E-state index contributed by atoms with van der Waals surface area (Å²) in [5.41, 5.74) is 2.37. The highest BCUT2D eigenvalue weighted by Gasteiger charge is 2.53. The van der Waals surface area contributed by atoms with Gasteiger partial charge in [-0.15, -0.1) is 0 Å². The van der Waals surface area contributed by atoms with Crippen LogP contribution in [-0.2, 0) is 0 Å². The van der Waals surface area contributed by atoms with E-state index in [0.29, 0.717) is 5.41 Å². The average molecular weight is 258 g/mol. The normalized spacial score (nSPS) is 53.3. The lowest BCUT2D eigenvalue weighted by Crippen LogP contribution is -2.47. The summed E-state index contributed by atoms with van der Waals surface area (Å²) in [5.74, 6) is 5.09. The van der Waals surface area contributed by atoms with E-state index in [0.717, 1.165) is 29.6 Å². The maximum absolute atomic E-state index is 4.53. The van der Waals surface area contributed by atoms with Gasteiger partial charge in [0, 0.05) is 0 Å². The second kappa shape index (κ2) is 4.37. The summed E-state index contributed by atoms with van der Waals surface area (Å²) in [7, 11) is 0. The molecule has 0 spiro atoms. The molecule has 4 aliphatic rings. The van der Waals surface area contributed by atoms with Gasteiger partial charge >= 0.3 is 0 Å². The van der Waals surface area contributed by atoms with Gasteiger partial charge in [-0.1, -0.05) is 38.3 Å². The van der Waals surface area contributed by atoms with Crippen LogP contribution in [0.25, 0.3) is 0 Å². The van der Waals surface area contributed by atoms with Gasteiger partial charge in [0.05, 0.1) is 0 Å². The van der Waals surface area contributed by atoms with Crippen molar-refractivity contribution in [3.63, 3.8) is 0 Å². The Bertz CT molecular complexity index is 381. The van der Waals surface area contributed by atoms with Crippen molar-refractivity contribution in [2.75, 3.05) is 0 Å². The molecule has 6 atom stereocenters. The monoisotopic (exact) mass is 258 g/mol. The molecule has 19 heavy (non-hydrogen) atoms. The summed E-state index contributed by atoms with van der Waals surface area (Å²) in [6, 6.07) is 0. The van der Waals surface area contributed by atoms with E-state index >= 15 is 0 Å². The summed E-state index contributed by atoms with van der Waals surface area (Å²) >= 11 is 0. The zero-order valence-corrected chi connectivity index (χ0v) is 12.7. The third-order valence-electron chi connectivity index (χ3n) is 7.67. The molecule has 0 saturated heterocycles. The third kappa shape index (κ3) is 1.78. The van der Waals surface area contributed by atoms with Gasteiger partial charge in [-0.25, -0.2) is 0 Å². The average Bonchev–Trinajstić information content (AvgIpc) is 2.81. The highest BCUT2D eigenvalue weighted by Crippen LogP contribution is 2.63. The van der Waals surface area contributed by atoms with E-state index in [1.165, 1.54) is 57.8 Å². The van der Waals surface area contributed by atoms with Gasteiger partial charge in [-0.3, -0.25) is 0 Å². The van der Waals surface area contributed by atoms with Gasteiger partial charge in [0.25, 0.3) is 0 Å². The van der Waals surface area contributed by atoms with Crippen molar-refractivity contribution in [3.8, 4) is 0 Å². The molecule has 0 N–H and O–H groups in total. The molecule has 4 saturated carbocycles. The highest BCUT2D eigenvalue weighted by molar-refractivity contribution is 5.15. The molecule has 0 radical (unpaired) electrons. The maximum atomic E-state index is 4.53. The Morgan fingerprint density at radius 3 is 2.63 bits per heavy atom. The molecule has 0 aromatic rings. The standard InChI is InChI=1S/C19H30/c1-13-12-17-16(15-7-4-3-6-14(13)15)9-11-19(2)10-5-8-18(17)19/h14-18H,1,3-12H2,2H3/t14-,15+,16-,17-,18+,19+/m1/s1. The molecule has 0 aromatic heterocycles. The minimum atomic E-state index is 0.711. The Balaban J connectivity index is 1.64. The van der Waals surface area contributed by atoms with Crippen LogP contribution in [0, 0.1) is 35.0 Å². The SMILES string of the molecule is C=C1C[C@@H]2[C@H](CC[C@]3(C)CCC[C@@H]23)[C@H]2CCCC[C@H]12. The van der Waals surface area contributed by atoms with E-state index in [-0.39, 0.29) is 0 Å². The molecular weight excluding hydrogens is 228 g/mol. The van der Waals surface area contributed by atoms with E-state index in [1.54, 1.807) is 12.0 Å². The Morgan fingerprint density at radius 2 is 1.74 bits per heavy atom. The third-order valence-corrected chi connectivity index (χ3v) is 7.67. The molecule has 0 unspecified atom stereocenters. The lowest BCUT2D eigenvalue weighted by atomic mass is 9.50. The molecule has 4 aliphatic carbocycles. The molecule has 4 rings (SSSR count). The Morgan fingerprint density at radius 1 is 0.895 bits per heavy atom. The number of hydrogen-bond donors (Lipinski definition) is 0. The fraction of sp³-hybridized carbons (Fsp3) is 0.895. The van der Waals surface area contributed by atoms with E-state index < -0.39 is 0 Å². The molecular formula is C19H30. The van der Waals surface area contributed by atoms with E-state index in [1.807, 2.05) is 0 Å². The Hall–Kier alpha value is -0.260. The summed E-state index contributed by atoms with van der Waals surface area (Å²) in [6.45, 7) is 7.13. The second-order valence-corrected chi connectivity index (χ2v) is 8.44. The number of hydrogen-bond acceptors (Lipinski definition) is 0. The molecule has 0 heteroatoms. The molecule has 0 aliphatic heterocycles. The molecule has 0 amide bonds. The van der Waals surface area contributed by atoms with Crippen LogP contribution in [0.1, 0.15) is 71.1 Å². The smallest absolute Gasteiger partial charge is 0.0175 e. The lowest BCUT2D eigenvalue weighted by Gasteiger charge is -2.55. The lowest BCUT2D eigenvalue weighted by molar-refractivity contribution is -0.0278. The van der Waals surface area contributed by atoms with Crippen molar-refractivity contribution in [1.29, 1.82) is 0 Å². The van der Waals surface area contributed by atoms with Crippen molar-refractivity contribution in [3.05, 3.63) is 12.2 Å². The summed E-state index contributed by atoms with van der Waals surface area (Å²) < 4.78 is 0. The van der Waals surface area contributed by atoms with Crippen LogP contribution in [0.15, 0.2) is 12.2 Å². The second-order valence-electron chi connectivity index (χ2n) is 8.44. The van der Waals surface area contributed by atoms with Gasteiger partial charge in [0.2, 0.25) is 0 Å². The van der Waals surface area contributed by atoms with Crippen molar-refractivity contribution in [1.82, 2.24) is 0 Å². The van der Waals surface area contributed by atoms with Gasteiger partial charge < -0.3 is 0 Å². The first-order chi connectivity index (χ1) is 9.19. The van der Waals surface area contributed by atoms with Gasteiger partial charge in [0.1, 0.15) is 0 Å². The van der Waals surface area contributed by atoms with E-state index in [2.05, 4.69) is 13.5 Å². The first-order valence-electron chi connectivity index (χ1n) is 8.87. The zero-order valence-electron chi connectivity index (χ0n) is 12.7. The minimum Gasteiger partial charge on any atom is -0.0996 e. The van der Waals surface area contributed by atoms with Crippen LogP contribution < -0.4 is 0 Å². The summed E-state index contributed by atoms with van der Waals surface area (Å²) in [5, 5.41) is 0. The fourth-order valence-electron chi connectivity index (χ4n) is 6.77. The summed E-state index contributed by atoms with van der Waals surface area (Å²) in [6.07, 6.45) is 15.0. The van der Waals surface area contributed by atoms with E-state index in [4.69, 9.17) is 0 Å². The predicted molar refractivity (Wildman–Crippen MR) is 80.9 cm³/mol. The zero-order chi connectivity index (χ0) is 13.0. The molecule has 106 valence electrons. The molecule has 0 aromatic carbocycles. The fourth-order valence-corrected chi connectivity index (χ4v) is 6.77. The topological polar surface area (TPSA) is 0 Å². The van der Waals surface area contributed by atoms with E-state index in [9.17, 15) is 0 Å². The highest BCUT2D eigenvalue weighted by atomic mass is 14.6. The van der Waals surface area contributed by atoms with Crippen molar-refractivity contribution < 1.29 is 0 Å². The summed E-state index contributed by atoms with van der Waals surface area (Å²) in [4.78, 5) is 0. The van der Waals surface area contributed by atoms with Crippen LogP contribution in [0.2, 0.25) is 0 Å². The first-order valence-corrected chi connectivity index (χ1v) is 8.87. The number of rotatable bonds is 0. The van der Waals surface area contributed by atoms with Gasteiger partial charge in [0.15, 0.2) is 0 Å². The maximum Gasteiger partial charge on any atom is -0.0175 e. The molecule has 0 heterocycles. The van der Waals surface area contributed by atoms with Crippen LogP contribution in [0.4, 0.5) is 0 Å². The van der Waals surface area contributed by atoms with Gasteiger partial charge in [-0.2, -0.15) is 0 Å². The van der Waals surface area contributed by atoms with Crippen LogP contribution in [0.3, 0.4) is 0 Å². The number of fused-ring (bicyclic) bond motifs is 5. The Labute approximate surface area is 119 Å². The van der Waals surface area contributed by atoms with Crippen LogP contribution in [0.5, 0.6) is 0 Å². The number of allylic oxidation sites excluding steroid dienone is 1. The molecule has 0 nitrogen and oxygen atoms in total.